The van der Waals surface area contributed by atoms with Gasteiger partial charge in [0, 0.05) is 0 Å². The lowest BCUT2D eigenvalue weighted by Crippen LogP contribution is -1.96. The van der Waals surface area contributed by atoms with Crippen LogP contribution in [0.5, 0.6) is 0 Å². The Labute approximate surface area is 42.4 Å². The molecule has 0 saturated heterocycles. The molecule has 0 amide bonds. The summed E-state index contributed by atoms with van der Waals surface area (Å²) in [7, 11) is 0. The van der Waals surface area contributed by atoms with Crippen molar-refractivity contribution in [3.63, 3.8) is 0 Å². The smallest absolute Gasteiger partial charge is 0.0761 e. The Kier molecular flexibility index (Phi) is 3.62. The van der Waals surface area contributed by atoms with Crippen LogP contribution in [0.4, 0.5) is 0 Å². The number of rotatable bonds is 2. The van der Waals surface area contributed by atoms with Crippen molar-refractivity contribution in [2.24, 2.45) is 5.14 Å². The normalized spacial score (nSPS) is 10.0. The third kappa shape index (κ3) is 4.27. The first-order valence-corrected chi connectivity index (χ1v) is 2.60. The highest BCUT2D eigenvalue weighted by molar-refractivity contribution is 7.92. The SMILES string of the molecule is CC(C)OSN. The van der Waals surface area contributed by atoms with Gasteiger partial charge < -0.3 is 0 Å². The highest BCUT2D eigenvalue weighted by atomic mass is 32.2. The first-order valence-electron chi connectivity index (χ1n) is 1.79. The zero-order chi connectivity index (χ0) is 4.99. The van der Waals surface area contributed by atoms with Crippen LogP contribution in [0.3, 0.4) is 0 Å². The molecule has 0 aliphatic heterocycles. The number of hydrogen-bond donors (Lipinski definition) is 1. The van der Waals surface area contributed by atoms with Crippen LogP contribution < -0.4 is 5.14 Å². The maximum atomic E-state index is 4.92. The molecule has 2 N–H and O–H groups in total. The van der Waals surface area contributed by atoms with Crippen LogP contribution in [0, 0.1) is 0 Å². The lowest BCUT2D eigenvalue weighted by atomic mass is 10.5. The van der Waals surface area contributed by atoms with Crippen LogP contribution in [0.15, 0.2) is 0 Å². The van der Waals surface area contributed by atoms with Crippen LogP contribution in [-0.2, 0) is 4.18 Å². The van der Waals surface area contributed by atoms with Gasteiger partial charge in [0.15, 0.2) is 0 Å². The van der Waals surface area contributed by atoms with E-state index in [2.05, 4.69) is 0 Å². The minimum Gasteiger partial charge on any atom is -0.299 e. The van der Waals surface area contributed by atoms with Gasteiger partial charge >= 0.3 is 0 Å². The molecule has 0 saturated carbocycles. The predicted octanol–water partition coefficient (Wildman–Crippen LogP) is 0.933. The van der Waals surface area contributed by atoms with Crippen molar-refractivity contribution in [1.29, 1.82) is 0 Å². The lowest BCUT2D eigenvalue weighted by molar-refractivity contribution is 0.289. The monoisotopic (exact) mass is 107 g/mol. The molecule has 0 aliphatic rings. The molecule has 0 aromatic heterocycles. The third-order valence-electron chi connectivity index (χ3n) is 0.248. The highest BCUT2D eigenvalue weighted by Crippen LogP contribution is 1.94. The van der Waals surface area contributed by atoms with E-state index in [9.17, 15) is 0 Å². The Morgan fingerprint density at radius 3 is 2.17 bits per heavy atom. The zero-order valence-electron chi connectivity index (χ0n) is 3.97. The molecular weight excluding hydrogens is 98.1 g/mol. The quantitative estimate of drug-likeness (QED) is 0.421. The first-order chi connectivity index (χ1) is 2.77. The average Bonchev–Trinajstić information content (AvgIpc) is 1.35. The van der Waals surface area contributed by atoms with Crippen molar-refractivity contribution in [2.45, 2.75) is 20.0 Å². The molecule has 0 spiro atoms. The van der Waals surface area contributed by atoms with Crippen molar-refractivity contribution >= 4 is 12.2 Å². The fourth-order valence-corrected chi connectivity index (χ4v) is 0.333. The second-order valence-electron chi connectivity index (χ2n) is 1.24. The van der Waals surface area contributed by atoms with Gasteiger partial charge in [-0.15, -0.1) is 0 Å². The summed E-state index contributed by atoms with van der Waals surface area (Å²) in [5.41, 5.74) is 0. The fraction of sp³-hybridized carbons (Fsp3) is 1.00. The molecule has 0 bridgehead atoms. The van der Waals surface area contributed by atoms with E-state index >= 15 is 0 Å². The van der Waals surface area contributed by atoms with Crippen molar-refractivity contribution in [2.75, 3.05) is 0 Å². The molecule has 0 unspecified atom stereocenters. The maximum Gasteiger partial charge on any atom is 0.0761 e. The van der Waals surface area contributed by atoms with E-state index in [4.69, 9.17) is 9.32 Å². The van der Waals surface area contributed by atoms with E-state index in [1.165, 1.54) is 0 Å². The van der Waals surface area contributed by atoms with E-state index in [1.807, 2.05) is 13.8 Å². The molecule has 0 aromatic rings. The van der Waals surface area contributed by atoms with E-state index in [1.54, 1.807) is 0 Å². The second-order valence-corrected chi connectivity index (χ2v) is 1.63. The molecule has 6 heavy (non-hydrogen) atoms. The summed E-state index contributed by atoms with van der Waals surface area (Å²) in [5.74, 6) is 0. The Hall–Kier alpha value is 0.270. The summed E-state index contributed by atoms with van der Waals surface area (Å²) >= 11 is 0.910. The van der Waals surface area contributed by atoms with E-state index in [0.717, 1.165) is 12.2 Å². The first kappa shape index (κ1) is 6.27. The Morgan fingerprint density at radius 1 is 1.67 bits per heavy atom. The summed E-state index contributed by atoms with van der Waals surface area (Å²) in [5, 5.41) is 4.92. The molecule has 0 heterocycles. The number of hydrogen-bond acceptors (Lipinski definition) is 3. The minimum atomic E-state index is 0.236. The molecule has 0 rings (SSSR count). The maximum absolute atomic E-state index is 4.92. The molecule has 2 nitrogen and oxygen atoms in total. The van der Waals surface area contributed by atoms with Gasteiger partial charge in [0.2, 0.25) is 0 Å². The largest absolute Gasteiger partial charge is 0.299 e. The van der Waals surface area contributed by atoms with Crippen molar-refractivity contribution in [3.8, 4) is 0 Å². The Balaban J connectivity index is 2.63. The van der Waals surface area contributed by atoms with Gasteiger partial charge in [-0.1, -0.05) is 0 Å². The summed E-state index contributed by atoms with van der Waals surface area (Å²) in [6, 6.07) is 0. The van der Waals surface area contributed by atoms with Gasteiger partial charge in [-0.3, -0.25) is 9.32 Å². The van der Waals surface area contributed by atoms with Gasteiger partial charge in [0.1, 0.15) is 0 Å². The van der Waals surface area contributed by atoms with Crippen molar-refractivity contribution in [1.82, 2.24) is 0 Å². The molecular formula is C3H9NOS. The predicted molar refractivity (Wildman–Crippen MR) is 28.0 cm³/mol. The van der Waals surface area contributed by atoms with Gasteiger partial charge in [-0.2, -0.15) is 0 Å². The molecule has 0 fully saturated rings. The van der Waals surface area contributed by atoms with Gasteiger partial charge in [0.25, 0.3) is 0 Å². The molecule has 0 aliphatic carbocycles. The summed E-state index contributed by atoms with van der Waals surface area (Å²) in [4.78, 5) is 0. The zero-order valence-corrected chi connectivity index (χ0v) is 4.79. The van der Waals surface area contributed by atoms with Gasteiger partial charge in [-0.25, -0.2) is 0 Å². The third-order valence-corrected chi connectivity index (χ3v) is 0.744. The fourth-order valence-electron chi connectivity index (χ4n) is 0.111. The summed E-state index contributed by atoms with van der Waals surface area (Å²) in [6.45, 7) is 3.86. The molecule has 3 heteroatoms. The van der Waals surface area contributed by atoms with Gasteiger partial charge in [-0.05, 0) is 13.8 Å². The van der Waals surface area contributed by atoms with Crippen LogP contribution in [0.1, 0.15) is 13.8 Å². The molecule has 0 radical (unpaired) electrons. The molecule has 0 aromatic carbocycles. The van der Waals surface area contributed by atoms with E-state index in [0.29, 0.717) is 0 Å². The summed E-state index contributed by atoms with van der Waals surface area (Å²) < 4.78 is 4.74. The standard InChI is InChI=1S/C3H9NOS/c1-3(2)5-6-4/h3H,4H2,1-2H3. The van der Waals surface area contributed by atoms with Gasteiger partial charge in [0.05, 0.1) is 18.3 Å². The Bertz CT molecular complexity index is 32.0. The highest BCUT2D eigenvalue weighted by Gasteiger charge is 1.85. The van der Waals surface area contributed by atoms with Crippen LogP contribution in [0.25, 0.3) is 0 Å². The second kappa shape index (κ2) is 3.46. The molecule has 38 valence electrons. The van der Waals surface area contributed by atoms with Crippen molar-refractivity contribution in [3.05, 3.63) is 0 Å². The molecule has 0 atom stereocenters. The van der Waals surface area contributed by atoms with Crippen molar-refractivity contribution < 1.29 is 4.18 Å². The Morgan fingerprint density at radius 2 is 2.17 bits per heavy atom. The van der Waals surface area contributed by atoms with Crippen LogP contribution in [0.2, 0.25) is 0 Å². The van der Waals surface area contributed by atoms with E-state index in [-0.39, 0.29) is 6.10 Å². The average molecular weight is 107 g/mol. The van der Waals surface area contributed by atoms with Crippen LogP contribution in [-0.4, -0.2) is 6.10 Å². The topological polar surface area (TPSA) is 35.2 Å². The summed E-state index contributed by atoms with van der Waals surface area (Å²) in [6.07, 6.45) is 0.236. The van der Waals surface area contributed by atoms with E-state index < -0.39 is 0 Å². The lowest BCUT2D eigenvalue weighted by Gasteiger charge is -1.97. The number of nitrogens with two attached hydrogens (primary N) is 1. The van der Waals surface area contributed by atoms with Crippen LogP contribution >= 0.6 is 12.2 Å². The minimum absolute atomic E-state index is 0.236.